The highest BCUT2D eigenvalue weighted by atomic mass is 32.2. The van der Waals surface area contributed by atoms with Gasteiger partial charge in [0.2, 0.25) is 0 Å². The molecule has 1 aliphatic rings. The minimum atomic E-state index is -1.13. The van der Waals surface area contributed by atoms with Crippen LogP contribution >= 0.6 is 11.8 Å². The van der Waals surface area contributed by atoms with E-state index < -0.39 is 5.97 Å². The zero-order chi connectivity index (χ0) is 9.97. The number of carboxylic acids is 1. The van der Waals surface area contributed by atoms with Gasteiger partial charge in [0.1, 0.15) is 0 Å². The third kappa shape index (κ3) is 1.72. The fraction of sp³-hybridized carbons (Fsp3) is 0. The fourth-order valence-electron chi connectivity index (χ4n) is 1.21. The highest BCUT2D eigenvalue weighted by Gasteiger charge is 2.06. The number of fused-ring (bicyclic) bond motifs is 1. The molecule has 1 aromatic carbocycles. The molecule has 0 radical (unpaired) electrons. The maximum atomic E-state index is 10.7. The number of rotatable bonds is 1. The number of carboxylic acid groups (broad SMARTS) is 1. The molecule has 1 aromatic rings. The maximum absolute atomic E-state index is 10.7. The molecule has 2 nitrogen and oxygen atoms in total. The maximum Gasteiger partial charge on any atom is 0.0782 e. The van der Waals surface area contributed by atoms with Crippen molar-refractivity contribution in [3.05, 3.63) is 46.9 Å². The summed E-state index contributed by atoms with van der Waals surface area (Å²) in [6, 6.07) is 7.66. The molecule has 0 spiro atoms. The molecule has 0 bridgehead atoms. The Bertz CT molecular complexity index is 433. The lowest BCUT2D eigenvalue weighted by Crippen LogP contribution is -2.22. The van der Waals surface area contributed by atoms with Crippen LogP contribution in [0.1, 0.15) is 5.56 Å². The van der Waals surface area contributed by atoms with Gasteiger partial charge in [0, 0.05) is 9.80 Å². The monoisotopic (exact) mass is 203 g/mol. The van der Waals surface area contributed by atoms with Gasteiger partial charge in [-0.3, -0.25) is 0 Å². The smallest absolute Gasteiger partial charge is 0.0782 e. The molecule has 70 valence electrons. The summed E-state index contributed by atoms with van der Waals surface area (Å²) in [7, 11) is 0. The summed E-state index contributed by atoms with van der Waals surface area (Å²) in [5.74, 6) is -1.13. The van der Waals surface area contributed by atoms with E-state index in [1.54, 1.807) is 12.2 Å². The van der Waals surface area contributed by atoms with E-state index in [0.717, 1.165) is 10.5 Å². The molecule has 0 N–H and O–H groups in total. The molecule has 0 atom stereocenters. The zero-order valence-electron chi connectivity index (χ0n) is 7.27. The first-order valence-corrected chi connectivity index (χ1v) is 4.95. The van der Waals surface area contributed by atoms with E-state index in [9.17, 15) is 9.90 Å². The second-order valence-corrected chi connectivity index (χ2v) is 3.90. The van der Waals surface area contributed by atoms with Crippen LogP contribution in [0.5, 0.6) is 0 Å². The van der Waals surface area contributed by atoms with Crippen LogP contribution in [0.2, 0.25) is 0 Å². The van der Waals surface area contributed by atoms with Crippen molar-refractivity contribution in [2.75, 3.05) is 0 Å². The summed E-state index contributed by atoms with van der Waals surface area (Å²) in [6.45, 7) is 0. The Labute approximate surface area is 85.9 Å². The summed E-state index contributed by atoms with van der Waals surface area (Å²) in [5.41, 5.74) is 1.03. The van der Waals surface area contributed by atoms with Crippen molar-refractivity contribution in [3.63, 3.8) is 0 Å². The number of hydrogen-bond acceptors (Lipinski definition) is 3. The van der Waals surface area contributed by atoms with Crippen molar-refractivity contribution in [1.29, 1.82) is 0 Å². The van der Waals surface area contributed by atoms with Gasteiger partial charge in [-0.05, 0) is 17.7 Å². The third-order valence-electron chi connectivity index (χ3n) is 1.86. The summed E-state index contributed by atoms with van der Waals surface area (Å²) in [6.07, 6.45) is 5.17. The molecule has 1 aliphatic heterocycles. The first kappa shape index (κ1) is 9.09. The van der Waals surface area contributed by atoms with E-state index in [-0.39, 0.29) is 4.91 Å². The van der Waals surface area contributed by atoms with Crippen LogP contribution in [0.3, 0.4) is 0 Å². The molecule has 0 amide bonds. The number of benzene rings is 1. The van der Waals surface area contributed by atoms with Crippen molar-refractivity contribution in [2.45, 2.75) is 4.90 Å². The number of carbonyl (C=O) groups excluding carboxylic acids is 1. The average molecular weight is 203 g/mol. The Morgan fingerprint density at radius 3 is 2.86 bits per heavy atom. The molecular formula is C11H7O2S-. The second kappa shape index (κ2) is 3.72. The molecule has 0 unspecified atom stereocenters. The van der Waals surface area contributed by atoms with Crippen LogP contribution in [-0.2, 0) is 4.79 Å². The lowest BCUT2D eigenvalue weighted by molar-refractivity contribution is -0.298. The number of allylic oxidation sites excluding steroid dienone is 2. The summed E-state index contributed by atoms with van der Waals surface area (Å²) < 4.78 is 0. The van der Waals surface area contributed by atoms with Gasteiger partial charge in [-0.2, -0.15) is 0 Å². The van der Waals surface area contributed by atoms with Crippen LogP contribution in [0.25, 0.3) is 6.08 Å². The average Bonchev–Trinajstić information content (AvgIpc) is 2.39. The fourth-order valence-corrected chi connectivity index (χ4v) is 2.08. The first-order valence-electron chi connectivity index (χ1n) is 4.14. The van der Waals surface area contributed by atoms with Crippen molar-refractivity contribution < 1.29 is 9.90 Å². The Hall–Kier alpha value is -1.48. The van der Waals surface area contributed by atoms with Crippen molar-refractivity contribution >= 4 is 23.8 Å². The SMILES string of the molecule is O=C([O-])C1=CC=Cc2ccccc2S1. The first-order chi connectivity index (χ1) is 6.77. The Balaban J connectivity index is 2.42. The van der Waals surface area contributed by atoms with Crippen molar-refractivity contribution in [1.82, 2.24) is 0 Å². The van der Waals surface area contributed by atoms with Gasteiger partial charge in [-0.15, -0.1) is 0 Å². The van der Waals surface area contributed by atoms with Gasteiger partial charge in [-0.25, -0.2) is 0 Å². The van der Waals surface area contributed by atoms with E-state index in [1.165, 1.54) is 11.8 Å². The Kier molecular flexibility index (Phi) is 2.41. The van der Waals surface area contributed by atoms with Crippen molar-refractivity contribution in [2.24, 2.45) is 0 Å². The van der Waals surface area contributed by atoms with Crippen LogP contribution in [0, 0.1) is 0 Å². The van der Waals surface area contributed by atoms with Crippen LogP contribution in [-0.4, -0.2) is 5.97 Å². The predicted molar refractivity (Wildman–Crippen MR) is 54.4 cm³/mol. The number of aliphatic carboxylic acids is 1. The zero-order valence-corrected chi connectivity index (χ0v) is 8.08. The molecule has 2 rings (SSSR count). The lowest BCUT2D eigenvalue weighted by atomic mass is 10.2. The molecule has 3 heteroatoms. The van der Waals surface area contributed by atoms with Gasteiger partial charge < -0.3 is 9.90 Å². The molecular weight excluding hydrogens is 196 g/mol. The molecule has 0 aliphatic carbocycles. The molecule has 0 saturated carbocycles. The van der Waals surface area contributed by atoms with Crippen LogP contribution in [0.4, 0.5) is 0 Å². The summed E-state index contributed by atoms with van der Waals surface area (Å²) in [5, 5.41) is 10.7. The van der Waals surface area contributed by atoms with E-state index in [0.29, 0.717) is 0 Å². The minimum Gasteiger partial charge on any atom is -0.544 e. The van der Waals surface area contributed by atoms with Crippen LogP contribution < -0.4 is 5.11 Å². The third-order valence-corrected chi connectivity index (χ3v) is 2.98. The van der Waals surface area contributed by atoms with Crippen LogP contribution in [0.15, 0.2) is 46.2 Å². The Morgan fingerprint density at radius 1 is 1.29 bits per heavy atom. The number of carbonyl (C=O) groups is 1. The second-order valence-electron chi connectivity index (χ2n) is 2.82. The van der Waals surface area contributed by atoms with Gasteiger partial charge in [-0.1, -0.05) is 42.1 Å². The highest BCUT2D eigenvalue weighted by molar-refractivity contribution is 8.04. The Morgan fingerprint density at radius 2 is 2.07 bits per heavy atom. The van der Waals surface area contributed by atoms with Gasteiger partial charge in [0.05, 0.1) is 5.97 Å². The van der Waals surface area contributed by atoms with Crippen molar-refractivity contribution in [3.8, 4) is 0 Å². The standard InChI is InChI=1S/C11H8O2S/c12-11(13)10-7-3-5-8-4-1-2-6-9(8)14-10/h1-7H,(H,12,13)/p-1. The minimum absolute atomic E-state index is 0.242. The van der Waals surface area contributed by atoms with Gasteiger partial charge in [0.15, 0.2) is 0 Å². The highest BCUT2D eigenvalue weighted by Crippen LogP contribution is 2.32. The van der Waals surface area contributed by atoms with Gasteiger partial charge >= 0.3 is 0 Å². The molecule has 1 heterocycles. The quantitative estimate of drug-likeness (QED) is 0.693. The number of thioether (sulfide) groups is 1. The molecule has 14 heavy (non-hydrogen) atoms. The van der Waals surface area contributed by atoms with E-state index in [4.69, 9.17) is 0 Å². The van der Waals surface area contributed by atoms with Gasteiger partial charge in [0.25, 0.3) is 0 Å². The molecule has 0 fully saturated rings. The topological polar surface area (TPSA) is 40.1 Å². The normalized spacial score (nSPS) is 14.1. The largest absolute Gasteiger partial charge is 0.544 e. The summed E-state index contributed by atoms with van der Waals surface area (Å²) >= 11 is 1.22. The predicted octanol–water partition coefficient (Wildman–Crippen LogP) is 1.44. The molecule has 0 saturated heterocycles. The molecule has 0 aromatic heterocycles. The van der Waals surface area contributed by atoms with E-state index in [1.807, 2.05) is 30.3 Å². The van der Waals surface area contributed by atoms with E-state index >= 15 is 0 Å². The number of hydrogen-bond donors (Lipinski definition) is 0. The van der Waals surface area contributed by atoms with E-state index in [2.05, 4.69) is 0 Å². The summed E-state index contributed by atoms with van der Waals surface area (Å²) in [4.78, 5) is 11.9. The lowest BCUT2D eigenvalue weighted by Gasteiger charge is -2.07.